The molecule has 0 aliphatic carbocycles. The highest BCUT2D eigenvalue weighted by Gasteiger charge is 2.22. The molecule has 3 heterocycles. The van der Waals surface area contributed by atoms with Crippen molar-refractivity contribution in [1.29, 1.82) is 0 Å². The van der Waals surface area contributed by atoms with Gasteiger partial charge in [0, 0.05) is 37.0 Å². The van der Waals surface area contributed by atoms with Crippen LogP contribution in [0.1, 0.15) is 39.2 Å². The minimum absolute atomic E-state index is 0.206. The van der Waals surface area contributed by atoms with E-state index in [-0.39, 0.29) is 12.5 Å². The Morgan fingerprint density at radius 3 is 2.61 bits per heavy atom. The molecule has 0 spiro atoms. The number of aliphatic hydroxyl groups excluding tert-OH is 1. The number of aliphatic hydroxyl groups is 1. The van der Waals surface area contributed by atoms with Crippen molar-refractivity contribution in [2.75, 3.05) is 44.0 Å². The summed E-state index contributed by atoms with van der Waals surface area (Å²) in [6.07, 6.45) is 4.82. The lowest BCUT2D eigenvalue weighted by Crippen LogP contribution is -2.37. The maximum absolute atomic E-state index is 12.3. The molecule has 0 radical (unpaired) electrons. The first-order valence-electron chi connectivity index (χ1n) is 11.7. The Bertz CT molecular complexity index is 1070. The van der Waals surface area contributed by atoms with Crippen LogP contribution < -0.4 is 10.2 Å². The lowest BCUT2D eigenvalue weighted by Gasteiger charge is -2.33. The third-order valence-electron chi connectivity index (χ3n) is 5.67. The van der Waals surface area contributed by atoms with E-state index in [1.165, 1.54) is 0 Å². The Kier molecular flexibility index (Phi) is 8.82. The molecule has 0 bridgehead atoms. The van der Waals surface area contributed by atoms with Gasteiger partial charge in [0.15, 0.2) is 5.65 Å². The number of nitrogens with one attached hydrogen (secondary N) is 1. The van der Waals surface area contributed by atoms with Crippen molar-refractivity contribution < 1.29 is 9.32 Å². The average Bonchev–Trinajstić information content (AvgIpc) is 3.28. The van der Waals surface area contributed by atoms with Crippen LogP contribution >= 0.6 is 0 Å². The predicted octanol–water partition coefficient (Wildman–Crippen LogP) is 3.85. The highest BCUT2D eigenvalue weighted by molar-refractivity contribution is 7.82. The fraction of sp³-hybridized carbons (Fsp3) is 0.500. The summed E-state index contributed by atoms with van der Waals surface area (Å²) in [5.41, 5.74) is 2.83. The Hall–Kier alpha value is -2.49. The molecule has 8 nitrogen and oxygen atoms in total. The van der Waals surface area contributed by atoms with Gasteiger partial charge in [0.1, 0.15) is 22.6 Å². The molecule has 4 rings (SSSR count). The number of anilines is 3. The van der Waals surface area contributed by atoms with Gasteiger partial charge in [0.2, 0.25) is 0 Å². The summed E-state index contributed by atoms with van der Waals surface area (Å²) in [6, 6.07) is 9.61. The second-order valence-corrected chi connectivity index (χ2v) is 9.81. The topological polar surface area (TPSA) is 86.0 Å². The fourth-order valence-electron chi connectivity index (χ4n) is 3.93. The highest BCUT2D eigenvalue weighted by atomic mass is 32.2. The van der Waals surface area contributed by atoms with Crippen LogP contribution in [-0.2, 0) is 17.4 Å². The SMILES string of the molecule is CC.CCc1cnn2c(Nc3ccc(S(=O)N(C)C)cc3)cc(N3CCCC(CO)C3)nc12. The standard InChI is InChI=1S/C22H30N6O2S.C2H6/c1-4-17-13-23-28-21(24-18-7-9-19(10-8-18)31(30)26(2)3)12-20(25-22(17)28)27-11-5-6-16(14-27)15-29;1-2/h7-10,12-13,16,24,29H,4-6,11,14-15H2,1-3H3;1-2H3. The van der Waals surface area contributed by atoms with Gasteiger partial charge in [-0.15, -0.1) is 0 Å². The zero-order valence-corrected chi connectivity index (χ0v) is 21.1. The maximum atomic E-state index is 12.3. The van der Waals surface area contributed by atoms with E-state index >= 15 is 0 Å². The number of aromatic nitrogens is 3. The van der Waals surface area contributed by atoms with Crippen LogP contribution in [0.2, 0.25) is 0 Å². The molecule has 1 fully saturated rings. The molecule has 1 aliphatic rings. The Morgan fingerprint density at radius 1 is 1.24 bits per heavy atom. The second kappa shape index (κ2) is 11.6. The first-order chi connectivity index (χ1) is 16.0. The molecule has 1 saturated heterocycles. The van der Waals surface area contributed by atoms with Crippen LogP contribution in [0.3, 0.4) is 0 Å². The smallest absolute Gasteiger partial charge is 0.162 e. The van der Waals surface area contributed by atoms with Crippen LogP contribution in [0.5, 0.6) is 0 Å². The number of piperidine rings is 1. The van der Waals surface area contributed by atoms with E-state index in [9.17, 15) is 9.32 Å². The first-order valence-corrected chi connectivity index (χ1v) is 12.8. The molecule has 0 saturated carbocycles. The Morgan fingerprint density at radius 2 is 1.97 bits per heavy atom. The number of hydrogen-bond acceptors (Lipinski definition) is 6. The van der Waals surface area contributed by atoms with Gasteiger partial charge in [0.05, 0.1) is 11.1 Å². The van der Waals surface area contributed by atoms with E-state index < -0.39 is 11.0 Å². The van der Waals surface area contributed by atoms with Crippen molar-refractivity contribution in [3.8, 4) is 0 Å². The number of nitrogens with zero attached hydrogens (tertiary/aromatic N) is 5. The number of benzene rings is 1. The van der Waals surface area contributed by atoms with E-state index in [0.29, 0.717) is 0 Å². The predicted molar refractivity (Wildman–Crippen MR) is 136 cm³/mol. The maximum Gasteiger partial charge on any atom is 0.162 e. The molecule has 2 unspecified atom stereocenters. The number of rotatable bonds is 7. The quantitative estimate of drug-likeness (QED) is 0.543. The molecule has 2 N–H and O–H groups in total. The third-order valence-corrected chi connectivity index (χ3v) is 7.01. The van der Waals surface area contributed by atoms with Gasteiger partial charge in [-0.05, 0) is 63.5 Å². The van der Waals surface area contributed by atoms with Gasteiger partial charge < -0.3 is 15.3 Å². The van der Waals surface area contributed by atoms with Crippen LogP contribution in [0, 0.1) is 5.92 Å². The summed E-state index contributed by atoms with van der Waals surface area (Å²) in [6.45, 7) is 8.04. The minimum atomic E-state index is -1.17. The lowest BCUT2D eigenvalue weighted by molar-refractivity contribution is 0.208. The molecule has 9 heteroatoms. The average molecular weight is 473 g/mol. The number of hydrogen-bond donors (Lipinski definition) is 2. The zero-order valence-electron chi connectivity index (χ0n) is 20.3. The monoisotopic (exact) mass is 472 g/mol. The fourth-order valence-corrected chi connectivity index (χ4v) is 4.72. The normalized spacial score (nSPS) is 17.1. The summed E-state index contributed by atoms with van der Waals surface area (Å²) in [4.78, 5) is 7.93. The van der Waals surface area contributed by atoms with Crippen molar-refractivity contribution in [1.82, 2.24) is 18.9 Å². The van der Waals surface area contributed by atoms with Gasteiger partial charge in [-0.2, -0.15) is 9.61 Å². The molecule has 3 aromatic rings. The van der Waals surface area contributed by atoms with Crippen molar-refractivity contribution in [3.05, 3.63) is 42.1 Å². The van der Waals surface area contributed by atoms with Crippen molar-refractivity contribution in [2.45, 2.75) is 44.9 Å². The van der Waals surface area contributed by atoms with Crippen LogP contribution in [-0.4, -0.2) is 62.0 Å². The summed E-state index contributed by atoms with van der Waals surface area (Å²) < 4.78 is 15.8. The van der Waals surface area contributed by atoms with Crippen molar-refractivity contribution >= 4 is 34.0 Å². The van der Waals surface area contributed by atoms with Crippen molar-refractivity contribution in [2.24, 2.45) is 5.92 Å². The zero-order chi connectivity index (χ0) is 24.0. The highest BCUT2D eigenvalue weighted by Crippen LogP contribution is 2.28. The van der Waals surface area contributed by atoms with E-state index in [1.54, 1.807) is 18.4 Å². The largest absolute Gasteiger partial charge is 0.396 e. The molecule has 2 aromatic heterocycles. The summed E-state index contributed by atoms with van der Waals surface area (Å²) in [7, 11) is 2.42. The molecule has 0 amide bonds. The lowest BCUT2D eigenvalue weighted by atomic mass is 9.99. The van der Waals surface area contributed by atoms with Crippen molar-refractivity contribution in [3.63, 3.8) is 0 Å². The molecule has 1 aliphatic heterocycles. The summed E-state index contributed by atoms with van der Waals surface area (Å²) in [5.74, 6) is 2.00. The van der Waals surface area contributed by atoms with E-state index in [0.717, 1.165) is 65.8 Å². The molecule has 1 aromatic carbocycles. The van der Waals surface area contributed by atoms with E-state index in [2.05, 4.69) is 22.2 Å². The van der Waals surface area contributed by atoms with Crippen LogP contribution in [0.15, 0.2) is 41.4 Å². The van der Waals surface area contributed by atoms with Gasteiger partial charge in [-0.3, -0.25) is 0 Å². The van der Waals surface area contributed by atoms with Gasteiger partial charge in [0.25, 0.3) is 0 Å². The number of aryl methyl sites for hydroxylation is 1. The first kappa shape index (κ1) is 25.1. The van der Waals surface area contributed by atoms with E-state index in [1.807, 2.05) is 54.9 Å². The third kappa shape index (κ3) is 5.72. The summed E-state index contributed by atoms with van der Waals surface area (Å²) >= 11 is 0. The molecule has 33 heavy (non-hydrogen) atoms. The Balaban J connectivity index is 0.00000149. The molecular formula is C24H36N6O2S. The second-order valence-electron chi connectivity index (χ2n) is 8.11. The Labute approximate surface area is 199 Å². The van der Waals surface area contributed by atoms with Gasteiger partial charge >= 0.3 is 0 Å². The molecule has 2 atom stereocenters. The van der Waals surface area contributed by atoms with Crippen LogP contribution in [0.25, 0.3) is 5.65 Å². The van der Waals surface area contributed by atoms with Gasteiger partial charge in [-0.25, -0.2) is 13.5 Å². The molecular weight excluding hydrogens is 436 g/mol. The summed E-state index contributed by atoms with van der Waals surface area (Å²) in [5, 5.41) is 17.6. The van der Waals surface area contributed by atoms with Crippen LogP contribution in [0.4, 0.5) is 17.3 Å². The minimum Gasteiger partial charge on any atom is -0.396 e. The van der Waals surface area contributed by atoms with Gasteiger partial charge in [-0.1, -0.05) is 20.8 Å². The molecule has 180 valence electrons. The number of fused-ring (bicyclic) bond motifs is 1. The van der Waals surface area contributed by atoms with E-state index in [4.69, 9.17) is 4.98 Å².